The predicted octanol–water partition coefficient (Wildman–Crippen LogP) is 3.94. The summed E-state index contributed by atoms with van der Waals surface area (Å²) >= 11 is 0. The minimum atomic E-state index is -0.174. The molecule has 140 valence electrons. The van der Waals surface area contributed by atoms with E-state index in [1.165, 1.54) is 0 Å². The number of amides is 1. The first-order valence-electron chi connectivity index (χ1n) is 9.46. The number of hydrogen-bond donors (Lipinski definition) is 0. The van der Waals surface area contributed by atoms with Gasteiger partial charge in [-0.15, -0.1) is 0 Å². The van der Waals surface area contributed by atoms with Gasteiger partial charge in [0.15, 0.2) is 12.4 Å². The van der Waals surface area contributed by atoms with E-state index in [1.54, 1.807) is 0 Å². The first kappa shape index (κ1) is 17.5. The molecule has 1 fully saturated rings. The second kappa shape index (κ2) is 8.20. The van der Waals surface area contributed by atoms with Crippen molar-refractivity contribution in [3.05, 3.63) is 60.3 Å². The van der Waals surface area contributed by atoms with Gasteiger partial charge < -0.3 is 14.2 Å². The lowest BCUT2D eigenvalue weighted by Gasteiger charge is -2.33. The lowest BCUT2D eigenvalue weighted by Crippen LogP contribution is -2.41. The Hall–Kier alpha value is -2.89. The Bertz CT molecular complexity index is 841. The molecule has 1 aliphatic carbocycles. The van der Waals surface area contributed by atoms with E-state index in [1.807, 2.05) is 35.2 Å². The van der Waals surface area contributed by atoms with Crippen LogP contribution in [0.2, 0.25) is 0 Å². The number of rotatable bonds is 5. The summed E-state index contributed by atoms with van der Waals surface area (Å²) in [5, 5.41) is 4.14. The van der Waals surface area contributed by atoms with E-state index in [4.69, 9.17) is 9.26 Å². The highest BCUT2D eigenvalue weighted by Gasteiger charge is 2.32. The van der Waals surface area contributed by atoms with Crippen molar-refractivity contribution < 1.29 is 14.1 Å². The van der Waals surface area contributed by atoms with Crippen LogP contribution in [0.4, 0.5) is 0 Å². The molecule has 1 saturated heterocycles. The van der Waals surface area contributed by atoms with Gasteiger partial charge in [0.25, 0.3) is 5.91 Å². The van der Waals surface area contributed by atoms with E-state index >= 15 is 0 Å². The minimum Gasteiger partial charge on any atom is -0.484 e. The zero-order chi connectivity index (χ0) is 18.5. The molecule has 0 saturated carbocycles. The van der Waals surface area contributed by atoms with Crippen molar-refractivity contribution in [2.24, 2.45) is 0 Å². The Kier molecular flexibility index (Phi) is 5.32. The number of allylic oxidation sites excluding steroid dienone is 4. The monoisotopic (exact) mass is 365 g/mol. The van der Waals surface area contributed by atoms with Gasteiger partial charge in [-0.05, 0) is 44.2 Å². The van der Waals surface area contributed by atoms with Crippen LogP contribution < -0.4 is 4.74 Å². The molecular weight excluding hydrogens is 342 g/mol. The van der Waals surface area contributed by atoms with Gasteiger partial charge in [-0.25, -0.2) is 0 Å². The van der Waals surface area contributed by atoms with Gasteiger partial charge in [0.05, 0.1) is 0 Å². The molecule has 0 radical (unpaired) electrons. The van der Waals surface area contributed by atoms with Crippen LogP contribution in [0.1, 0.15) is 49.9 Å². The Morgan fingerprint density at radius 1 is 1.22 bits per heavy atom. The second-order valence-electron chi connectivity index (χ2n) is 6.80. The number of nitrogens with zero attached hydrogens (tertiary/aromatic N) is 3. The summed E-state index contributed by atoms with van der Waals surface area (Å²) in [6.07, 6.45) is 10.9. The van der Waals surface area contributed by atoms with Crippen molar-refractivity contribution in [3.63, 3.8) is 0 Å². The van der Waals surface area contributed by atoms with E-state index in [2.05, 4.69) is 28.4 Å². The highest BCUT2D eigenvalue weighted by molar-refractivity contribution is 5.78. The number of piperidine rings is 1. The fraction of sp³-hybridized carbons (Fsp3) is 0.381. The number of benzene rings is 1. The lowest BCUT2D eigenvalue weighted by molar-refractivity contribution is -0.138. The highest BCUT2D eigenvalue weighted by atomic mass is 16.5. The van der Waals surface area contributed by atoms with Crippen molar-refractivity contribution in [2.75, 3.05) is 13.2 Å². The molecule has 2 heterocycles. The van der Waals surface area contributed by atoms with Crippen LogP contribution in [0.5, 0.6) is 5.75 Å². The summed E-state index contributed by atoms with van der Waals surface area (Å²) in [4.78, 5) is 19.2. The quantitative estimate of drug-likeness (QED) is 0.751. The molecule has 27 heavy (non-hydrogen) atoms. The SMILES string of the molecule is O=C(COc1ccccc1)N1CCCC[C@@H]1c1nc(C2=CCC=CC2)no1. The fourth-order valence-corrected chi connectivity index (χ4v) is 3.52. The number of carbonyl (C=O) groups is 1. The molecule has 0 bridgehead atoms. The third-order valence-electron chi connectivity index (χ3n) is 4.95. The maximum atomic E-state index is 12.8. The molecule has 2 aromatic rings. The second-order valence-corrected chi connectivity index (χ2v) is 6.80. The Morgan fingerprint density at radius 3 is 2.93 bits per heavy atom. The molecule has 2 aliphatic rings. The topological polar surface area (TPSA) is 68.5 Å². The van der Waals surface area contributed by atoms with Crippen molar-refractivity contribution in [1.82, 2.24) is 15.0 Å². The molecular formula is C21H23N3O3. The first-order chi connectivity index (χ1) is 13.3. The zero-order valence-electron chi connectivity index (χ0n) is 15.2. The van der Waals surface area contributed by atoms with Gasteiger partial charge >= 0.3 is 0 Å². The Morgan fingerprint density at radius 2 is 2.11 bits per heavy atom. The molecule has 0 spiro atoms. The number of hydrogen-bond acceptors (Lipinski definition) is 5. The Labute approximate surface area is 158 Å². The molecule has 1 aromatic heterocycles. The average Bonchev–Trinajstić information content (AvgIpc) is 3.23. The van der Waals surface area contributed by atoms with Gasteiger partial charge in [-0.3, -0.25) is 4.79 Å². The van der Waals surface area contributed by atoms with Crippen molar-refractivity contribution in [3.8, 4) is 5.75 Å². The van der Waals surface area contributed by atoms with Gasteiger partial charge in [-0.2, -0.15) is 4.98 Å². The average molecular weight is 365 g/mol. The molecule has 1 aliphatic heterocycles. The van der Waals surface area contributed by atoms with Gasteiger partial charge in [0.2, 0.25) is 5.89 Å². The fourth-order valence-electron chi connectivity index (χ4n) is 3.52. The summed E-state index contributed by atoms with van der Waals surface area (Å²) in [5.74, 6) is 1.79. The largest absolute Gasteiger partial charge is 0.484 e. The van der Waals surface area contributed by atoms with Crippen LogP contribution in [0.15, 0.2) is 53.1 Å². The van der Waals surface area contributed by atoms with Crippen LogP contribution >= 0.6 is 0 Å². The molecule has 0 unspecified atom stereocenters. The number of carbonyl (C=O) groups excluding carboxylic acids is 1. The number of likely N-dealkylation sites (tertiary alicyclic amines) is 1. The molecule has 0 N–H and O–H groups in total. The van der Waals surface area contributed by atoms with E-state index in [-0.39, 0.29) is 18.6 Å². The molecule has 1 aromatic carbocycles. The summed E-state index contributed by atoms with van der Waals surface area (Å²) in [6.45, 7) is 0.697. The van der Waals surface area contributed by atoms with Crippen molar-refractivity contribution in [1.29, 1.82) is 0 Å². The zero-order valence-corrected chi connectivity index (χ0v) is 15.2. The maximum Gasteiger partial charge on any atom is 0.261 e. The van der Waals surface area contributed by atoms with E-state index in [0.717, 1.165) is 37.7 Å². The van der Waals surface area contributed by atoms with Crippen LogP contribution in [0, 0.1) is 0 Å². The van der Waals surface area contributed by atoms with Crippen LogP contribution in [0.25, 0.3) is 5.57 Å². The van der Waals surface area contributed by atoms with Gasteiger partial charge in [0.1, 0.15) is 11.8 Å². The predicted molar refractivity (Wildman–Crippen MR) is 101 cm³/mol. The van der Waals surface area contributed by atoms with Crippen LogP contribution in [-0.2, 0) is 4.79 Å². The standard InChI is InChI=1S/C21H23N3O3/c25-19(15-26-17-11-5-2-6-12-17)24-14-8-7-13-18(24)21-22-20(23-27-21)16-9-3-1-4-10-16/h1-3,5-6,10-12,18H,4,7-9,13-15H2/t18-/m1/s1. The van der Waals surface area contributed by atoms with E-state index in [9.17, 15) is 4.79 Å². The molecule has 1 atom stereocenters. The summed E-state index contributed by atoms with van der Waals surface area (Å²) < 4.78 is 11.2. The summed E-state index contributed by atoms with van der Waals surface area (Å²) in [5.41, 5.74) is 1.08. The molecule has 4 rings (SSSR count). The third kappa shape index (κ3) is 4.10. The highest BCUT2D eigenvalue weighted by Crippen LogP contribution is 2.31. The van der Waals surface area contributed by atoms with Gasteiger partial charge in [0, 0.05) is 12.1 Å². The molecule has 6 nitrogen and oxygen atoms in total. The summed E-state index contributed by atoms with van der Waals surface area (Å²) in [7, 11) is 0. The normalized spacial score (nSPS) is 19.6. The third-order valence-corrected chi connectivity index (χ3v) is 4.95. The van der Waals surface area contributed by atoms with Crippen LogP contribution in [0.3, 0.4) is 0 Å². The lowest BCUT2D eigenvalue weighted by atomic mass is 10.0. The van der Waals surface area contributed by atoms with Crippen LogP contribution in [-0.4, -0.2) is 34.1 Å². The molecule has 1 amide bonds. The first-order valence-corrected chi connectivity index (χ1v) is 9.46. The van der Waals surface area contributed by atoms with Gasteiger partial charge in [-0.1, -0.05) is 41.6 Å². The summed E-state index contributed by atoms with van der Waals surface area (Å²) in [6, 6.07) is 9.21. The molecule has 6 heteroatoms. The Balaban J connectivity index is 1.45. The smallest absolute Gasteiger partial charge is 0.261 e. The minimum absolute atomic E-state index is 0.0114. The number of aromatic nitrogens is 2. The maximum absolute atomic E-state index is 12.8. The van der Waals surface area contributed by atoms with Crippen molar-refractivity contribution in [2.45, 2.75) is 38.1 Å². The number of para-hydroxylation sites is 1. The van der Waals surface area contributed by atoms with E-state index in [0.29, 0.717) is 24.0 Å². The van der Waals surface area contributed by atoms with Crippen molar-refractivity contribution >= 4 is 11.5 Å². The van der Waals surface area contributed by atoms with E-state index < -0.39 is 0 Å². The number of ether oxygens (including phenoxy) is 1.